The number of rotatable bonds is 3. The molecule has 0 spiro atoms. The van der Waals surface area contributed by atoms with E-state index in [4.69, 9.17) is 0 Å². The Morgan fingerprint density at radius 3 is 2.74 bits per heavy atom. The minimum Gasteiger partial charge on any atom is -0.329 e. The van der Waals surface area contributed by atoms with Gasteiger partial charge in [0.05, 0.1) is 0 Å². The van der Waals surface area contributed by atoms with Gasteiger partial charge in [-0.2, -0.15) is 0 Å². The second-order valence-electron chi connectivity index (χ2n) is 4.28. The van der Waals surface area contributed by atoms with Crippen molar-refractivity contribution in [1.82, 2.24) is 14.5 Å². The molecular formula is C14H12N4O. The molecule has 0 bridgehead atoms. The van der Waals surface area contributed by atoms with Crippen LogP contribution in [0.15, 0.2) is 42.9 Å². The summed E-state index contributed by atoms with van der Waals surface area (Å²) in [7, 11) is 0. The molecule has 1 amide bonds. The van der Waals surface area contributed by atoms with Gasteiger partial charge in [0.2, 0.25) is 6.41 Å². The fourth-order valence-electron chi connectivity index (χ4n) is 1.98. The third-order valence-electron chi connectivity index (χ3n) is 2.90. The highest BCUT2D eigenvalue weighted by Gasteiger charge is 2.05. The van der Waals surface area contributed by atoms with E-state index in [-0.39, 0.29) is 0 Å². The molecule has 0 aliphatic carbocycles. The Hall–Kier alpha value is -2.69. The molecule has 1 N–H and O–H groups in total. The lowest BCUT2D eigenvalue weighted by atomic mass is 10.2. The number of nitrogens with zero attached hydrogens (tertiary/aromatic N) is 3. The second kappa shape index (κ2) is 4.53. The van der Waals surface area contributed by atoms with Gasteiger partial charge in [-0.15, -0.1) is 0 Å². The molecule has 0 aliphatic heterocycles. The highest BCUT2D eigenvalue weighted by atomic mass is 16.1. The van der Waals surface area contributed by atoms with Gasteiger partial charge < -0.3 is 5.32 Å². The van der Waals surface area contributed by atoms with Crippen LogP contribution in [0.5, 0.6) is 0 Å². The van der Waals surface area contributed by atoms with Gasteiger partial charge in [0.1, 0.15) is 11.8 Å². The molecule has 0 radical (unpaired) electrons. The topological polar surface area (TPSA) is 59.8 Å². The standard InChI is InChI=1S/C14H12N4O/c1-10-6-13-14(15-7-10)18(8-16-13)12-4-2-11(3-5-12)17-9-19/h2-9H,1H3,(H,17,19). The zero-order chi connectivity index (χ0) is 13.2. The van der Waals surface area contributed by atoms with Crippen molar-refractivity contribution in [3.8, 4) is 5.69 Å². The number of anilines is 1. The van der Waals surface area contributed by atoms with E-state index in [0.29, 0.717) is 6.41 Å². The Morgan fingerprint density at radius 1 is 1.21 bits per heavy atom. The summed E-state index contributed by atoms with van der Waals surface area (Å²) in [4.78, 5) is 19.1. The number of carbonyl (C=O) groups excluding carboxylic acids is 1. The molecule has 0 saturated carbocycles. The number of carbonyl (C=O) groups is 1. The SMILES string of the molecule is Cc1cnc2c(c1)ncn2-c1ccc(NC=O)cc1. The molecule has 3 aromatic rings. The van der Waals surface area contributed by atoms with Crippen LogP contribution in [0.2, 0.25) is 0 Å². The van der Waals surface area contributed by atoms with Crippen LogP contribution in [0.4, 0.5) is 5.69 Å². The van der Waals surface area contributed by atoms with E-state index in [1.54, 1.807) is 6.33 Å². The van der Waals surface area contributed by atoms with Gasteiger partial charge in [0.25, 0.3) is 0 Å². The van der Waals surface area contributed by atoms with Crippen LogP contribution in [-0.2, 0) is 4.79 Å². The molecule has 0 atom stereocenters. The van der Waals surface area contributed by atoms with Crippen molar-refractivity contribution in [2.45, 2.75) is 6.92 Å². The van der Waals surface area contributed by atoms with Gasteiger partial charge in [0, 0.05) is 17.6 Å². The summed E-state index contributed by atoms with van der Waals surface area (Å²) >= 11 is 0. The van der Waals surface area contributed by atoms with Gasteiger partial charge in [-0.3, -0.25) is 9.36 Å². The maximum atomic E-state index is 10.4. The molecule has 0 fully saturated rings. The molecule has 1 aromatic carbocycles. The molecule has 2 heterocycles. The Labute approximate surface area is 109 Å². The monoisotopic (exact) mass is 252 g/mol. The smallest absolute Gasteiger partial charge is 0.211 e. The molecule has 94 valence electrons. The zero-order valence-corrected chi connectivity index (χ0v) is 10.4. The lowest BCUT2D eigenvalue weighted by Gasteiger charge is -2.05. The Morgan fingerprint density at radius 2 is 2.00 bits per heavy atom. The van der Waals surface area contributed by atoms with E-state index in [9.17, 15) is 4.79 Å². The molecule has 0 aliphatic rings. The molecule has 0 saturated heterocycles. The molecule has 19 heavy (non-hydrogen) atoms. The van der Waals surface area contributed by atoms with Crippen LogP contribution < -0.4 is 5.32 Å². The number of aryl methyl sites for hydroxylation is 1. The minimum atomic E-state index is 0.659. The summed E-state index contributed by atoms with van der Waals surface area (Å²) in [6.07, 6.45) is 4.23. The van der Waals surface area contributed by atoms with E-state index < -0.39 is 0 Å². The number of aromatic nitrogens is 3. The molecular weight excluding hydrogens is 240 g/mol. The molecule has 5 heteroatoms. The van der Waals surface area contributed by atoms with Crippen LogP contribution in [0.25, 0.3) is 16.9 Å². The summed E-state index contributed by atoms with van der Waals surface area (Å²) < 4.78 is 1.92. The van der Waals surface area contributed by atoms with Crippen molar-refractivity contribution in [3.63, 3.8) is 0 Å². The maximum absolute atomic E-state index is 10.4. The lowest BCUT2D eigenvalue weighted by Crippen LogP contribution is -1.96. The van der Waals surface area contributed by atoms with Crippen molar-refractivity contribution in [2.75, 3.05) is 5.32 Å². The molecule has 2 aromatic heterocycles. The maximum Gasteiger partial charge on any atom is 0.211 e. The number of hydrogen-bond acceptors (Lipinski definition) is 3. The van der Waals surface area contributed by atoms with E-state index in [1.165, 1.54) is 0 Å². The Bertz CT molecular complexity index is 731. The number of fused-ring (bicyclic) bond motifs is 1. The molecule has 3 rings (SSSR count). The largest absolute Gasteiger partial charge is 0.329 e. The first-order valence-electron chi connectivity index (χ1n) is 5.88. The minimum absolute atomic E-state index is 0.659. The number of pyridine rings is 1. The van der Waals surface area contributed by atoms with Crippen molar-refractivity contribution < 1.29 is 4.79 Å². The van der Waals surface area contributed by atoms with Gasteiger partial charge in [-0.05, 0) is 42.8 Å². The van der Waals surface area contributed by atoms with Crippen molar-refractivity contribution in [2.24, 2.45) is 0 Å². The highest BCUT2D eigenvalue weighted by Crippen LogP contribution is 2.18. The average molecular weight is 252 g/mol. The van der Waals surface area contributed by atoms with Gasteiger partial charge >= 0.3 is 0 Å². The predicted octanol–water partition coefficient (Wildman–Crippen LogP) is 2.30. The van der Waals surface area contributed by atoms with Crippen LogP contribution in [0.1, 0.15) is 5.56 Å². The Balaban J connectivity index is 2.06. The number of benzene rings is 1. The second-order valence-corrected chi connectivity index (χ2v) is 4.28. The van der Waals surface area contributed by atoms with Crippen molar-refractivity contribution in [3.05, 3.63) is 48.4 Å². The van der Waals surface area contributed by atoms with E-state index >= 15 is 0 Å². The number of imidazole rings is 1. The summed E-state index contributed by atoms with van der Waals surface area (Å²) in [5.74, 6) is 0. The van der Waals surface area contributed by atoms with Gasteiger partial charge in [-0.1, -0.05) is 0 Å². The first kappa shape index (κ1) is 11.4. The summed E-state index contributed by atoms with van der Waals surface area (Å²) in [5, 5.41) is 2.60. The first-order valence-corrected chi connectivity index (χ1v) is 5.88. The number of amides is 1. The third-order valence-corrected chi connectivity index (χ3v) is 2.90. The fourth-order valence-corrected chi connectivity index (χ4v) is 1.98. The number of hydrogen-bond donors (Lipinski definition) is 1. The quantitative estimate of drug-likeness (QED) is 0.727. The van der Waals surface area contributed by atoms with Crippen molar-refractivity contribution in [1.29, 1.82) is 0 Å². The van der Waals surface area contributed by atoms with Gasteiger partial charge in [-0.25, -0.2) is 9.97 Å². The summed E-state index contributed by atoms with van der Waals surface area (Å²) in [6, 6.07) is 9.50. The zero-order valence-electron chi connectivity index (χ0n) is 10.4. The van der Waals surface area contributed by atoms with E-state index in [2.05, 4.69) is 15.3 Å². The highest BCUT2D eigenvalue weighted by molar-refractivity contribution is 5.74. The average Bonchev–Trinajstić information content (AvgIpc) is 2.83. The van der Waals surface area contributed by atoms with Crippen LogP contribution >= 0.6 is 0 Å². The van der Waals surface area contributed by atoms with Crippen LogP contribution in [0, 0.1) is 6.92 Å². The summed E-state index contributed by atoms with van der Waals surface area (Å²) in [6.45, 7) is 1.99. The lowest BCUT2D eigenvalue weighted by molar-refractivity contribution is -0.105. The van der Waals surface area contributed by atoms with E-state index in [1.807, 2.05) is 48.0 Å². The van der Waals surface area contributed by atoms with Gasteiger partial charge in [0.15, 0.2) is 5.65 Å². The molecule has 0 unspecified atom stereocenters. The fraction of sp³-hybridized carbons (Fsp3) is 0.0714. The normalized spacial score (nSPS) is 10.6. The first-order chi connectivity index (χ1) is 9.28. The summed E-state index contributed by atoms with van der Waals surface area (Å²) in [5.41, 5.74) is 4.49. The Kier molecular flexibility index (Phi) is 2.72. The van der Waals surface area contributed by atoms with Crippen LogP contribution in [0.3, 0.4) is 0 Å². The van der Waals surface area contributed by atoms with Crippen molar-refractivity contribution >= 4 is 23.3 Å². The number of nitrogens with one attached hydrogen (secondary N) is 1. The van der Waals surface area contributed by atoms with E-state index in [0.717, 1.165) is 28.1 Å². The third kappa shape index (κ3) is 2.06. The van der Waals surface area contributed by atoms with Crippen LogP contribution in [-0.4, -0.2) is 20.9 Å². The molecule has 5 nitrogen and oxygen atoms in total. The predicted molar refractivity (Wildman–Crippen MR) is 73.3 cm³/mol.